The fourth-order valence-corrected chi connectivity index (χ4v) is 3.45. The second-order valence-corrected chi connectivity index (χ2v) is 8.25. The van der Waals surface area contributed by atoms with Gasteiger partial charge in [-0.25, -0.2) is 4.98 Å². The summed E-state index contributed by atoms with van der Waals surface area (Å²) < 4.78 is 17.0. The highest BCUT2D eigenvalue weighted by molar-refractivity contribution is 6.33. The first-order valence-electron chi connectivity index (χ1n) is 9.62. The molecule has 1 amide bonds. The van der Waals surface area contributed by atoms with Gasteiger partial charge < -0.3 is 19.2 Å². The number of oxazole rings is 1. The van der Waals surface area contributed by atoms with Gasteiger partial charge in [0, 0.05) is 16.8 Å². The smallest absolute Gasteiger partial charge is 0.268 e. The van der Waals surface area contributed by atoms with Gasteiger partial charge in [-0.05, 0) is 62.4 Å². The predicted octanol–water partition coefficient (Wildman–Crippen LogP) is 6.00. The molecule has 0 spiro atoms. The minimum absolute atomic E-state index is 0.284. The van der Waals surface area contributed by atoms with Gasteiger partial charge in [-0.3, -0.25) is 4.79 Å². The topological polar surface area (TPSA) is 86.5 Å². The molecule has 32 heavy (non-hydrogen) atoms. The number of ether oxygens (including phenoxy) is 2. The molecule has 9 heteroatoms. The summed E-state index contributed by atoms with van der Waals surface area (Å²) in [5.41, 5.74) is 0.710. The van der Waals surface area contributed by atoms with E-state index in [0.717, 1.165) is 0 Å². The van der Waals surface area contributed by atoms with Crippen molar-refractivity contribution in [1.29, 1.82) is 0 Å². The standard InChI is InChI=1S/C23H19Cl2N3O4/c1-23(2,32-15-8-6-14(24)7-9-15)22(29)27-17-12-13(11-16(25)19(17)30-3)21-28-20-18(31-21)5-4-10-26-20/h4-12H,1-3H3,(H,27,29). The van der Waals surface area contributed by atoms with Crippen LogP contribution in [0.2, 0.25) is 10.0 Å². The molecule has 2 heterocycles. The molecule has 0 bridgehead atoms. The lowest BCUT2D eigenvalue weighted by Gasteiger charge is -2.26. The Labute approximate surface area is 194 Å². The van der Waals surface area contributed by atoms with Crippen LogP contribution in [0.25, 0.3) is 22.7 Å². The van der Waals surface area contributed by atoms with Crippen LogP contribution in [0.5, 0.6) is 11.5 Å². The van der Waals surface area contributed by atoms with Crippen LogP contribution in [-0.4, -0.2) is 28.6 Å². The average Bonchev–Trinajstić information content (AvgIpc) is 3.19. The fraction of sp³-hybridized carbons (Fsp3) is 0.174. The fourth-order valence-electron chi connectivity index (χ4n) is 3.03. The van der Waals surface area contributed by atoms with Gasteiger partial charge in [-0.1, -0.05) is 23.2 Å². The molecule has 0 unspecified atom stereocenters. The molecule has 4 rings (SSSR count). The summed E-state index contributed by atoms with van der Waals surface area (Å²) in [5, 5.41) is 3.69. The Kier molecular flexibility index (Phi) is 5.95. The van der Waals surface area contributed by atoms with Crippen molar-refractivity contribution in [2.24, 2.45) is 0 Å². The Bertz CT molecular complexity index is 1250. The van der Waals surface area contributed by atoms with E-state index in [9.17, 15) is 4.79 Å². The van der Waals surface area contributed by atoms with E-state index in [4.69, 9.17) is 37.1 Å². The Morgan fingerprint density at radius 3 is 2.56 bits per heavy atom. The molecule has 0 radical (unpaired) electrons. The maximum absolute atomic E-state index is 13.1. The number of halogens is 2. The molecule has 0 saturated heterocycles. The number of amides is 1. The van der Waals surface area contributed by atoms with Crippen molar-refractivity contribution in [2.75, 3.05) is 12.4 Å². The SMILES string of the molecule is COc1c(Cl)cc(-c2nc3ncccc3o2)cc1NC(=O)C(C)(C)Oc1ccc(Cl)cc1. The molecular weight excluding hydrogens is 453 g/mol. The van der Waals surface area contributed by atoms with E-state index in [-0.39, 0.29) is 5.02 Å². The van der Waals surface area contributed by atoms with E-state index < -0.39 is 11.5 Å². The minimum Gasteiger partial charge on any atom is -0.493 e. The number of methoxy groups -OCH3 is 1. The summed E-state index contributed by atoms with van der Waals surface area (Å²) in [5.74, 6) is 0.723. The van der Waals surface area contributed by atoms with E-state index in [1.165, 1.54) is 7.11 Å². The predicted molar refractivity (Wildman–Crippen MR) is 124 cm³/mol. The van der Waals surface area contributed by atoms with E-state index in [0.29, 0.717) is 44.9 Å². The van der Waals surface area contributed by atoms with Crippen molar-refractivity contribution >= 4 is 46.0 Å². The Morgan fingerprint density at radius 1 is 1.12 bits per heavy atom. The molecule has 0 aliphatic heterocycles. The Morgan fingerprint density at radius 2 is 1.88 bits per heavy atom. The van der Waals surface area contributed by atoms with Crippen LogP contribution in [0.1, 0.15) is 13.8 Å². The van der Waals surface area contributed by atoms with Crippen LogP contribution in [-0.2, 0) is 4.79 Å². The van der Waals surface area contributed by atoms with Crippen molar-refractivity contribution in [1.82, 2.24) is 9.97 Å². The van der Waals surface area contributed by atoms with Crippen molar-refractivity contribution in [2.45, 2.75) is 19.4 Å². The lowest BCUT2D eigenvalue weighted by atomic mass is 10.1. The highest BCUT2D eigenvalue weighted by Crippen LogP contribution is 2.38. The first-order chi connectivity index (χ1) is 15.3. The molecule has 2 aromatic heterocycles. The second-order valence-electron chi connectivity index (χ2n) is 7.40. The van der Waals surface area contributed by atoms with Gasteiger partial charge in [-0.2, -0.15) is 4.98 Å². The van der Waals surface area contributed by atoms with Crippen LogP contribution in [0.15, 0.2) is 59.1 Å². The second kappa shape index (κ2) is 8.68. The van der Waals surface area contributed by atoms with Crippen LogP contribution in [0, 0.1) is 0 Å². The number of hydrogen-bond acceptors (Lipinski definition) is 6. The first kappa shape index (κ1) is 21.9. The van der Waals surface area contributed by atoms with Crippen LogP contribution in [0.4, 0.5) is 5.69 Å². The summed E-state index contributed by atoms with van der Waals surface area (Å²) in [6.07, 6.45) is 1.63. The lowest BCUT2D eigenvalue weighted by molar-refractivity contribution is -0.128. The van der Waals surface area contributed by atoms with Crippen LogP contribution < -0.4 is 14.8 Å². The molecule has 0 atom stereocenters. The molecule has 4 aromatic rings. The summed E-state index contributed by atoms with van der Waals surface area (Å²) in [6.45, 7) is 3.31. The minimum atomic E-state index is -1.21. The molecule has 2 aromatic carbocycles. The molecular formula is C23H19Cl2N3O4. The zero-order valence-electron chi connectivity index (χ0n) is 17.5. The highest BCUT2D eigenvalue weighted by atomic mass is 35.5. The van der Waals surface area contributed by atoms with Gasteiger partial charge in [0.1, 0.15) is 5.75 Å². The monoisotopic (exact) mass is 471 g/mol. The quantitative estimate of drug-likeness (QED) is 0.370. The Balaban J connectivity index is 1.64. The van der Waals surface area contributed by atoms with Gasteiger partial charge in [-0.15, -0.1) is 0 Å². The maximum atomic E-state index is 13.1. The molecule has 7 nitrogen and oxygen atoms in total. The zero-order chi connectivity index (χ0) is 22.9. The van der Waals surface area contributed by atoms with Gasteiger partial charge in [0.2, 0.25) is 5.89 Å². The number of anilines is 1. The number of hydrogen-bond donors (Lipinski definition) is 1. The summed E-state index contributed by atoms with van der Waals surface area (Å²) in [7, 11) is 1.47. The van der Waals surface area contributed by atoms with Crippen molar-refractivity contribution < 1.29 is 18.7 Å². The van der Waals surface area contributed by atoms with E-state index in [1.54, 1.807) is 68.6 Å². The zero-order valence-corrected chi connectivity index (χ0v) is 19.0. The van der Waals surface area contributed by atoms with Gasteiger partial charge in [0.05, 0.1) is 17.8 Å². The maximum Gasteiger partial charge on any atom is 0.268 e. The number of nitrogens with zero attached hydrogens (tertiary/aromatic N) is 2. The van der Waals surface area contributed by atoms with Crippen molar-refractivity contribution in [3.63, 3.8) is 0 Å². The number of fused-ring (bicyclic) bond motifs is 1. The third-order valence-corrected chi connectivity index (χ3v) is 5.17. The normalized spacial score (nSPS) is 11.4. The van der Waals surface area contributed by atoms with E-state index in [2.05, 4.69) is 15.3 Å². The van der Waals surface area contributed by atoms with Gasteiger partial charge in [0.15, 0.2) is 22.6 Å². The number of rotatable bonds is 6. The van der Waals surface area contributed by atoms with Crippen molar-refractivity contribution in [3.8, 4) is 23.0 Å². The summed E-state index contributed by atoms with van der Waals surface area (Å²) >= 11 is 12.3. The van der Waals surface area contributed by atoms with E-state index in [1.807, 2.05) is 0 Å². The number of carbonyl (C=O) groups is 1. The number of pyridine rings is 1. The number of benzene rings is 2. The first-order valence-corrected chi connectivity index (χ1v) is 10.4. The number of nitrogens with one attached hydrogen (secondary N) is 1. The average molecular weight is 472 g/mol. The van der Waals surface area contributed by atoms with Gasteiger partial charge in [0.25, 0.3) is 5.91 Å². The molecule has 1 N–H and O–H groups in total. The number of carbonyl (C=O) groups excluding carboxylic acids is 1. The highest BCUT2D eigenvalue weighted by Gasteiger charge is 2.31. The summed E-state index contributed by atoms with van der Waals surface area (Å²) in [6, 6.07) is 13.6. The third-order valence-electron chi connectivity index (χ3n) is 4.64. The lowest BCUT2D eigenvalue weighted by Crippen LogP contribution is -2.42. The molecule has 0 fully saturated rings. The van der Waals surface area contributed by atoms with E-state index >= 15 is 0 Å². The molecule has 0 aliphatic rings. The molecule has 164 valence electrons. The Hall–Kier alpha value is -3.29. The summed E-state index contributed by atoms with van der Waals surface area (Å²) in [4.78, 5) is 21.6. The molecule has 0 saturated carbocycles. The van der Waals surface area contributed by atoms with Crippen LogP contribution >= 0.6 is 23.2 Å². The number of aromatic nitrogens is 2. The third kappa shape index (κ3) is 4.49. The van der Waals surface area contributed by atoms with Crippen LogP contribution in [0.3, 0.4) is 0 Å². The van der Waals surface area contributed by atoms with Crippen molar-refractivity contribution in [3.05, 3.63) is 64.8 Å². The van der Waals surface area contributed by atoms with Gasteiger partial charge >= 0.3 is 0 Å². The molecule has 0 aliphatic carbocycles. The largest absolute Gasteiger partial charge is 0.493 e.